The molecule has 1 saturated heterocycles. The summed E-state index contributed by atoms with van der Waals surface area (Å²) in [6.45, 7) is 2.27. The van der Waals surface area contributed by atoms with Crippen molar-refractivity contribution in [2.24, 2.45) is 5.73 Å². The van der Waals surface area contributed by atoms with Crippen molar-refractivity contribution >= 4 is 34.5 Å². The molecule has 0 spiro atoms. The molecule has 0 atom stereocenters. The maximum absolute atomic E-state index is 8.76. The number of nitrogens with two attached hydrogens (primary N) is 1. The number of anilines is 1. The number of aliphatic hydroxyl groups is 1. The Kier molecular flexibility index (Phi) is 5.60. The van der Waals surface area contributed by atoms with E-state index in [9.17, 15) is 0 Å². The van der Waals surface area contributed by atoms with E-state index in [1.54, 1.807) is 0 Å². The fourth-order valence-electron chi connectivity index (χ4n) is 2.40. The molecular weight excluding hydrogens is 296 g/mol. The minimum absolute atomic E-state index is 0.0759. The Balaban J connectivity index is 1.98. The maximum Gasteiger partial charge on any atom is 0.104 e. The average Bonchev–Trinajstić information content (AvgIpc) is 2.45. The van der Waals surface area contributed by atoms with E-state index in [0.29, 0.717) is 16.6 Å². The van der Waals surface area contributed by atoms with Crippen LogP contribution in [0, 0.1) is 0 Å². The smallest absolute Gasteiger partial charge is 0.104 e. The first kappa shape index (κ1) is 15.5. The number of aliphatic hydroxyl groups excluding tert-OH is 1. The molecule has 1 aliphatic heterocycles. The fraction of sp³-hybridized carbons (Fsp3) is 0.500. The summed E-state index contributed by atoms with van der Waals surface area (Å²) in [6.07, 6.45) is 2.11. The molecule has 0 unspecified atom stereocenters. The van der Waals surface area contributed by atoms with Gasteiger partial charge in [-0.05, 0) is 31.0 Å². The Morgan fingerprint density at radius 3 is 2.70 bits per heavy atom. The van der Waals surface area contributed by atoms with Crippen LogP contribution < -0.4 is 10.6 Å². The molecule has 1 aromatic rings. The Morgan fingerprint density at radius 2 is 2.15 bits per heavy atom. The van der Waals surface area contributed by atoms with E-state index in [4.69, 9.17) is 39.4 Å². The Morgan fingerprint density at radius 1 is 1.45 bits per heavy atom. The highest BCUT2D eigenvalue weighted by Gasteiger charge is 2.21. The van der Waals surface area contributed by atoms with Crippen LogP contribution in [0.3, 0.4) is 0 Å². The molecule has 1 heterocycles. The first-order valence-corrected chi connectivity index (χ1v) is 7.47. The van der Waals surface area contributed by atoms with Crippen molar-refractivity contribution in [3.05, 3.63) is 28.8 Å². The van der Waals surface area contributed by atoms with Gasteiger partial charge >= 0.3 is 0 Å². The molecule has 0 radical (unpaired) electrons. The molecule has 1 aromatic carbocycles. The van der Waals surface area contributed by atoms with Crippen molar-refractivity contribution < 1.29 is 9.84 Å². The summed E-state index contributed by atoms with van der Waals surface area (Å²) >= 11 is 11.3. The zero-order chi connectivity index (χ0) is 14.5. The second-order valence-electron chi connectivity index (χ2n) is 4.81. The lowest BCUT2D eigenvalue weighted by atomic mass is 10.1. The van der Waals surface area contributed by atoms with Gasteiger partial charge in [-0.15, -0.1) is 0 Å². The molecule has 0 saturated carbocycles. The lowest BCUT2D eigenvalue weighted by Gasteiger charge is -2.34. The molecule has 6 heteroatoms. The number of halogens is 1. The van der Waals surface area contributed by atoms with Crippen LogP contribution in [-0.4, -0.2) is 42.5 Å². The van der Waals surface area contributed by atoms with Gasteiger partial charge in [0.2, 0.25) is 0 Å². The van der Waals surface area contributed by atoms with Gasteiger partial charge in [-0.3, -0.25) is 0 Å². The topological polar surface area (TPSA) is 58.7 Å². The van der Waals surface area contributed by atoms with E-state index in [1.165, 1.54) is 0 Å². The molecule has 0 aliphatic carbocycles. The molecule has 110 valence electrons. The van der Waals surface area contributed by atoms with Crippen LogP contribution in [0.5, 0.6) is 0 Å². The summed E-state index contributed by atoms with van der Waals surface area (Å²) in [5.74, 6) is 0. The highest BCUT2D eigenvalue weighted by molar-refractivity contribution is 7.80. The normalized spacial score (nSPS) is 16.4. The predicted octanol–water partition coefficient (Wildman–Crippen LogP) is 1.95. The predicted molar refractivity (Wildman–Crippen MR) is 85.6 cm³/mol. The monoisotopic (exact) mass is 314 g/mol. The summed E-state index contributed by atoms with van der Waals surface area (Å²) in [5.41, 5.74) is 7.39. The quantitative estimate of drug-likeness (QED) is 0.814. The first-order chi connectivity index (χ1) is 9.61. The molecule has 1 aliphatic rings. The average molecular weight is 315 g/mol. The Labute approximate surface area is 129 Å². The number of nitrogens with zero attached hydrogens (tertiary/aromatic N) is 1. The van der Waals surface area contributed by atoms with Gasteiger partial charge in [0.1, 0.15) is 4.99 Å². The van der Waals surface area contributed by atoms with E-state index in [-0.39, 0.29) is 12.7 Å². The second-order valence-corrected chi connectivity index (χ2v) is 5.66. The number of piperidine rings is 1. The van der Waals surface area contributed by atoms with Crippen LogP contribution in [0.25, 0.3) is 0 Å². The zero-order valence-corrected chi connectivity index (χ0v) is 12.8. The van der Waals surface area contributed by atoms with Crippen LogP contribution >= 0.6 is 23.8 Å². The SMILES string of the molecule is NC(=S)c1ccc(N2CCC(OCCO)CC2)c(Cl)c1. The number of thiocarbonyl (C=S) groups is 1. The third kappa shape index (κ3) is 3.82. The summed E-state index contributed by atoms with van der Waals surface area (Å²) in [7, 11) is 0. The number of ether oxygens (including phenoxy) is 1. The van der Waals surface area contributed by atoms with Crippen LogP contribution in [0.4, 0.5) is 5.69 Å². The molecule has 4 nitrogen and oxygen atoms in total. The van der Waals surface area contributed by atoms with Crippen molar-refractivity contribution in [2.75, 3.05) is 31.2 Å². The van der Waals surface area contributed by atoms with Crippen molar-refractivity contribution in [3.63, 3.8) is 0 Å². The van der Waals surface area contributed by atoms with Crippen LogP contribution in [0.2, 0.25) is 5.02 Å². The standard InChI is InChI=1S/C14H19ClN2O2S/c15-12-9-10(14(16)20)1-2-13(12)17-5-3-11(4-6-17)19-8-7-18/h1-2,9,11,18H,3-8H2,(H2,16,20). The number of rotatable bonds is 5. The van der Waals surface area contributed by atoms with E-state index in [0.717, 1.165) is 37.2 Å². The molecular formula is C14H19ClN2O2S. The van der Waals surface area contributed by atoms with E-state index < -0.39 is 0 Å². The van der Waals surface area contributed by atoms with Crippen LogP contribution in [0.1, 0.15) is 18.4 Å². The molecule has 1 fully saturated rings. The molecule has 3 N–H and O–H groups in total. The van der Waals surface area contributed by atoms with Crippen LogP contribution in [0.15, 0.2) is 18.2 Å². The molecule has 2 rings (SSSR count). The maximum atomic E-state index is 8.76. The minimum Gasteiger partial charge on any atom is -0.394 e. The van der Waals surface area contributed by atoms with Gasteiger partial charge in [-0.2, -0.15) is 0 Å². The fourth-order valence-corrected chi connectivity index (χ4v) is 2.83. The largest absolute Gasteiger partial charge is 0.394 e. The summed E-state index contributed by atoms with van der Waals surface area (Å²) < 4.78 is 5.55. The second kappa shape index (κ2) is 7.22. The van der Waals surface area contributed by atoms with Crippen molar-refractivity contribution in [2.45, 2.75) is 18.9 Å². The first-order valence-electron chi connectivity index (χ1n) is 6.68. The lowest BCUT2D eigenvalue weighted by Crippen LogP contribution is -2.37. The minimum atomic E-state index is 0.0759. The van der Waals surface area contributed by atoms with E-state index in [1.807, 2.05) is 18.2 Å². The summed E-state index contributed by atoms with van der Waals surface area (Å²) in [6, 6.07) is 5.68. The number of benzene rings is 1. The van der Waals surface area contributed by atoms with Crippen LogP contribution in [-0.2, 0) is 4.74 Å². The highest BCUT2D eigenvalue weighted by Crippen LogP contribution is 2.29. The molecule has 0 aromatic heterocycles. The van der Waals surface area contributed by atoms with E-state index in [2.05, 4.69) is 4.90 Å². The van der Waals surface area contributed by atoms with Gasteiger partial charge < -0.3 is 20.5 Å². The van der Waals surface area contributed by atoms with Crippen molar-refractivity contribution in [1.82, 2.24) is 0 Å². The lowest BCUT2D eigenvalue weighted by molar-refractivity contribution is 0.0159. The van der Waals surface area contributed by atoms with Crippen molar-refractivity contribution in [1.29, 1.82) is 0 Å². The van der Waals surface area contributed by atoms with Crippen molar-refractivity contribution in [3.8, 4) is 0 Å². The zero-order valence-electron chi connectivity index (χ0n) is 11.2. The van der Waals surface area contributed by atoms with Gasteiger partial charge in [0, 0.05) is 18.7 Å². The summed E-state index contributed by atoms with van der Waals surface area (Å²) in [5, 5.41) is 9.43. The third-order valence-corrected chi connectivity index (χ3v) is 4.00. The highest BCUT2D eigenvalue weighted by atomic mass is 35.5. The molecule has 0 bridgehead atoms. The van der Waals surface area contributed by atoms with Gasteiger partial charge in [0.05, 0.1) is 30.0 Å². The molecule has 0 amide bonds. The van der Waals surface area contributed by atoms with Gasteiger partial charge in [0.15, 0.2) is 0 Å². The Bertz CT molecular complexity index is 476. The molecule has 20 heavy (non-hydrogen) atoms. The number of hydrogen-bond acceptors (Lipinski definition) is 4. The number of hydrogen-bond donors (Lipinski definition) is 2. The van der Waals surface area contributed by atoms with Gasteiger partial charge in [0.25, 0.3) is 0 Å². The third-order valence-electron chi connectivity index (χ3n) is 3.46. The Hall–Kier alpha value is -0.880. The van der Waals surface area contributed by atoms with Gasteiger partial charge in [-0.1, -0.05) is 23.8 Å². The summed E-state index contributed by atoms with van der Waals surface area (Å²) in [4.78, 5) is 2.60. The van der Waals surface area contributed by atoms with Gasteiger partial charge in [-0.25, -0.2) is 0 Å². The van der Waals surface area contributed by atoms with E-state index >= 15 is 0 Å².